The molecule has 7 aromatic carbocycles. The van der Waals surface area contributed by atoms with Crippen LogP contribution < -0.4 is 30.6 Å². The summed E-state index contributed by atoms with van der Waals surface area (Å²) in [7, 11) is -9.94. The second-order valence-electron chi connectivity index (χ2n) is 26.4. The van der Waals surface area contributed by atoms with Crippen LogP contribution in [0, 0.1) is 6.92 Å². The third-order valence-corrected chi connectivity index (χ3v) is 26.3. The van der Waals surface area contributed by atoms with Crippen molar-refractivity contribution in [2.75, 3.05) is 75.7 Å². The summed E-state index contributed by atoms with van der Waals surface area (Å²) in [6.45, 7) is 7.64. The molecular formula is C76H85N11O19S6. The molecule has 0 unspecified atom stereocenters. The quantitative estimate of drug-likeness (QED) is 0.0655. The highest BCUT2D eigenvalue weighted by Crippen LogP contribution is 2.33. The first-order valence-electron chi connectivity index (χ1n) is 35.5. The summed E-state index contributed by atoms with van der Waals surface area (Å²) in [5, 5.41) is 12.9. The van der Waals surface area contributed by atoms with Crippen molar-refractivity contribution in [2.45, 2.75) is 114 Å². The van der Waals surface area contributed by atoms with Crippen LogP contribution in [0.15, 0.2) is 168 Å². The van der Waals surface area contributed by atoms with Gasteiger partial charge in [0.15, 0.2) is 11.2 Å². The lowest BCUT2D eigenvalue weighted by Gasteiger charge is -2.28. The van der Waals surface area contributed by atoms with Crippen molar-refractivity contribution in [2.24, 2.45) is 0 Å². The molecule has 0 atom stereocenters. The predicted molar refractivity (Wildman–Crippen MR) is 423 cm³/mol. The molecule has 0 spiro atoms. The van der Waals surface area contributed by atoms with Crippen molar-refractivity contribution in [3.05, 3.63) is 239 Å². The number of aromatic amines is 1. The summed E-state index contributed by atoms with van der Waals surface area (Å²) >= 11 is 1.91. The maximum Gasteiger partial charge on any atom is 0.420 e. The number of oxazole rings is 2. The summed E-state index contributed by atoms with van der Waals surface area (Å²) in [6.07, 6.45) is 14.3. The van der Waals surface area contributed by atoms with Crippen molar-refractivity contribution >= 4 is 108 Å². The van der Waals surface area contributed by atoms with Crippen LogP contribution in [-0.2, 0) is 126 Å². The smallest absolute Gasteiger partial charge is 0.420 e. The number of hydrogen-bond donors (Lipinski definition) is 4. The van der Waals surface area contributed by atoms with Crippen LogP contribution in [-0.4, -0.2) is 154 Å². The van der Waals surface area contributed by atoms with E-state index in [0.29, 0.717) is 60.5 Å². The van der Waals surface area contributed by atoms with Gasteiger partial charge < -0.3 is 38.2 Å². The minimum Gasteiger partial charge on any atom is -0.497 e. The lowest BCUT2D eigenvalue weighted by atomic mass is 9.88. The monoisotopic (exact) mass is 1650 g/mol. The molecule has 0 amide bonds. The van der Waals surface area contributed by atoms with Gasteiger partial charge in [0, 0.05) is 81.1 Å². The van der Waals surface area contributed by atoms with Crippen LogP contribution in [0.1, 0.15) is 113 Å². The highest BCUT2D eigenvalue weighted by molar-refractivity contribution is 7.93. The molecule has 4 aliphatic heterocycles. The highest BCUT2D eigenvalue weighted by Gasteiger charge is 2.31. The molecule has 0 radical (unpaired) electrons. The molecule has 8 heterocycles. The zero-order valence-electron chi connectivity index (χ0n) is 62.2. The Bertz CT molecular complexity index is 5750. The average molecular weight is 1650 g/mol. The summed E-state index contributed by atoms with van der Waals surface area (Å²) in [5.41, 5.74) is 15.0. The van der Waals surface area contributed by atoms with Gasteiger partial charge in [0.1, 0.15) is 18.4 Å². The number of aromatic nitrogens is 6. The highest BCUT2D eigenvalue weighted by atomic mass is 32.2. The van der Waals surface area contributed by atoms with E-state index in [-0.39, 0.29) is 56.9 Å². The van der Waals surface area contributed by atoms with E-state index in [0.717, 1.165) is 132 Å². The summed E-state index contributed by atoms with van der Waals surface area (Å²) in [5.74, 6) is -1.15. The number of benzene rings is 7. The topological polar surface area (TPSA) is 394 Å². The number of nitrogens with one attached hydrogen (secondary N) is 3. The average Bonchev–Trinajstić information content (AvgIpc) is 1.55. The molecular weight excluding hydrogens is 1560 g/mol. The molecule has 4 aromatic heterocycles. The van der Waals surface area contributed by atoms with Crippen LogP contribution >= 0.6 is 23.1 Å². The number of rotatable bonds is 16. The summed E-state index contributed by atoms with van der Waals surface area (Å²) in [4.78, 5) is 57.4. The number of methoxy groups -OCH3 is 3. The fraction of sp³-hybridized carbons (Fsp3) is 0.342. The van der Waals surface area contributed by atoms with Crippen LogP contribution in [0.3, 0.4) is 0 Å². The Labute approximate surface area is 655 Å². The molecule has 1 aliphatic carbocycles. The molecule has 4 N–H and O–H groups in total. The van der Waals surface area contributed by atoms with E-state index in [4.69, 9.17) is 27.8 Å². The van der Waals surface area contributed by atoms with Gasteiger partial charge in [-0.3, -0.25) is 14.3 Å². The Morgan fingerprint density at radius 2 is 1.21 bits per heavy atom. The van der Waals surface area contributed by atoms with E-state index in [9.17, 15) is 58.0 Å². The third-order valence-electron chi connectivity index (χ3n) is 19.2. The number of carbonyl (C=O) groups excluding carboxylic acids is 2. The standard InChI is InChI=1S/C20H18N4O4S2.C18H16N4O5S2.C12H15NO4S.C11H15NO3S.C11H13NO2.C4H8O/c25-20-24(11-14-6-3-5-13-4-1-2-7-16(13)14)17-9-8-15(10-18(17)28-20)30(26,27)23-19-21-12-22-29-19;1-11-7-13(26-2)4-3-12(11)9-22(17-19-10-20-28-17)29(24,25)14-5-6-15-16(8-14)27-18(23)21-15;1-17-12(14)10-5-3-4-9-6-7-13(8-11(9)10)18(2,15)16;1-16(14,15)12-6-5-9-3-2-4-10(8-13)11(9)7-12;1-14-11(13)9-4-2-3-8-5-6-12-7-10(8)9;1-2-4-5-3-1/h3,5-6,8-10,12H,1-2,4,7,11H2,(H,21,22,23);3-8,10H,9H2,1-2H3,(H,21,23);3-5H,6-8H2,1-2H3;2-4,13H,5-8H2,1H3;2-4,12H,5-7H2,1H3;1-4H2. The fourth-order valence-electron chi connectivity index (χ4n) is 13.3. The van der Waals surface area contributed by atoms with Gasteiger partial charge in [0.2, 0.25) is 30.3 Å². The largest absolute Gasteiger partial charge is 0.497 e. The van der Waals surface area contributed by atoms with Gasteiger partial charge in [-0.1, -0.05) is 66.7 Å². The van der Waals surface area contributed by atoms with Crippen molar-refractivity contribution in [1.29, 1.82) is 0 Å². The zero-order valence-corrected chi connectivity index (χ0v) is 67.1. The first-order valence-corrected chi connectivity index (χ1v) is 43.7. The molecule has 1 saturated heterocycles. The van der Waals surface area contributed by atoms with Crippen LogP contribution in [0.2, 0.25) is 0 Å². The minimum atomic E-state index is -4.00. The number of hydrogen-bond acceptors (Lipinski definition) is 26. The Kier molecular flexibility index (Phi) is 27.6. The molecule has 1 fully saturated rings. The Morgan fingerprint density at radius 1 is 0.616 bits per heavy atom. The molecule has 36 heteroatoms. The number of H-pyrrole nitrogens is 1. The van der Waals surface area contributed by atoms with Crippen LogP contribution in [0.4, 0.5) is 10.3 Å². The molecule has 30 nitrogen and oxygen atoms in total. The first kappa shape index (κ1) is 83.1. The lowest BCUT2D eigenvalue weighted by Crippen LogP contribution is -2.36. The number of sulfonamides is 4. The van der Waals surface area contributed by atoms with Crippen molar-refractivity contribution in [1.82, 2.24) is 42.2 Å². The number of fused-ring (bicyclic) bond motifs is 6. The second-order valence-corrected chi connectivity index (χ2v) is 35.5. The van der Waals surface area contributed by atoms with Gasteiger partial charge in [0.05, 0.1) is 85.5 Å². The van der Waals surface area contributed by atoms with Gasteiger partial charge in [0.25, 0.3) is 20.0 Å². The van der Waals surface area contributed by atoms with Gasteiger partial charge in [-0.15, -0.1) is 0 Å². The zero-order chi connectivity index (χ0) is 79.9. The summed E-state index contributed by atoms with van der Waals surface area (Å²) < 4.78 is 144. The number of aryl methyl sites for hydroxylation is 2. The van der Waals surface area contributed by atoms with Crippen molar-refractivity contribution in [3.8, 4) is 5.75 Å². The van der Waals surface area contributed by atoms with E-state index >= 15 is 0 Å². The normalized spacial score (nSPS) is 14.7. The Balaban J connectivity index is 0.000000140. The van der Waals surface area contributed by atoms with E-state index < -0.39 is 57.6 Å². The molecule has 11 aromatic rings. The van der Waals surface area contributed by atoms with Gasteiger partial charge in [-0.25, -0.2) is 67.1 Å². The van der Waals surface area contributed by atoms with Crippen LogP contribution in [0.25, 0.3) is 22.2 Å². The number of ether oxygens (including phenoxy) is 4. The maximum absolute atomic E-state index is 13.4. The number of anilines is 2. The van der Waals surface area contributed by atoms with Crippen molar-refractivity contribution < 1.29 is 76.1 Å². The molecule has 16 rings (SSSR count). The Morgan fingerprint density at radius 3 is 1.82 bits per heavy atom. The Hall–Kier alpha value is -9.86. The van der Waals surface area contributed by atoms with Crippen LogP contribution in [0.5, 0.6) is 5.75 Å². The number of aliphatic hydroxyl groups is 1. The third kappa shape index (κ3) is 20.5. The van der Waals surface area contributed by atoms with E-state index in [1.54, 1.807) is 35.9 Å². The first-order chi connectivity index (χ1) is 53.7. The number of nitrogens with zero attached hydrogens (tertiary/aromatic N) is 8. The lowest BCUT2D eigenvalue weighted by molar-refractivity contribution is 0.0589. The van der Waals surface area contributed by atoms with E-state index in [2.05, 4.69) is 45.9 Å². The van der Waals surface area contributed by atoms with E-state index in [1.165, 1.54) is 119 Å². The van der Waals surface area contributed by atoms with Crippen molar-refractivity contribution in [3.63, 3.8) is 0 Å². The predicted octanol–water partition coefficient (Wildman–Crippen LogP) is 9.06. The second kappa shape index (κ2) is 37.2. The SMILES string of the molecule is C1CCOC1.COC(=O)c1cccc2c1CN(S(C)(=O)=O)CC2.COC(=O)c1cccc2c1CNCC2.COc1ccc(CN(c2ncns2)S(=O)(=O)c2ccc3[nH]c(=O)oc3c2)c(C)c1.CS(=O)(=O)N1CCc2cccc(CO)c2C1.O=c1oc2cc(S(=O)(=O)Nc3ncns3)ccc2n1Cc1cccc2c1CCCC2. The number of carbonyl (C=O) groups is 2. The molecule has 112 heavy (non-hydrogen) atoms. The van der Waals surface area contributed by atoms with Gasteiger partial charge in [-0.05, 0) is 187 Å². The minimum absolute atomic E-state index is 0.0109. The molecule has 0 saturated carbocycles. The van der Waals surface area contributed by atoms with E-state index in [1.807, 2.05) is 67.6 Å². The maximum atomic E-state index is 13.4. The van der Waals surface area contributed by atoms with Gasteiger partial charge >= 0.3 is 23.5 Å². The molecule has 594 valence electrons. The molecule has 0 bridgehead atoms. The number of aliphatic hydroxyl groups excluding tert-OH is 1. The van der Waals surface area contributed by atoms with Gasteiger partial charge in [-0.2, -0.15) is 17.4 Å². The molecule has 5 aliphatic rings. The number of esters is 2. The summed E-state index contributed by atoms with van der Waals surface area (Å²) in [6, 6.07) is 37.2. The fourth-order valence-corrected chi connectivity index (χ4v) is 18.7.